The molecule has 2 aromatic rings. The fourth-order valence-corrected chi connectivity index (χ4v) is 4.06. The minimum atomic E-state index is -1.000. The number of imide groups is 1. The highest BCUT2D eigenvalue weighted by atomic mass is 35.5. The molecule has 1 aliphatic carbocycles. The second-order valence-electron chi connectivity index (χ2n) is 8.20. The van der Waals surface area contributed by atoms with Crippen molar-refractivity contribution in [2.45, 2.75) is 32.6 Å². The normalized spacial score (nSPS) is 12.9. The molecule has 0 saturated carbocycles. The van der Waals surface area contributed by atoms with Crippen LogP contribution in [0.2, 0.25) is 5.02 Å². The summed E-state index contributed by atoms with van der Waals surface area (Å²) in [6, 6.07) is 6.65. The van der Waals surface area contributed by atoms with Crippen LogP contribution in [0.3, 0.4) is 0 Å². The van der Waals surface area contributed by atoms with Crippen LogP contribution in [0.4, 0.5) is 14.5 Å². The fraction of sp³-hybridized carbons (Fsp3) is 0.321. The lowest BCUT2D eigenvalue weighted by Gasteiger charge is -2.26. The number of anilines is 1. The van der Waals surface area contributed by atoms with Crippen LogP contribution in [0, 0.1) is 23.5 Å². The molecule has 1 aliphatic rings. The number of esters is 1. The molecule has 0 aliphatic heterocycles. The molecule has 0 saturated heterocycles. The largest absolute Gasteiger partial charge is 0.479 e. The third-order valence-corrected chi connectivity index (χ3v) is 5.98. The standard InChI is InChI=1S/C28H26ClF2NO6/c1-3-4-12-37-25-17-24(23(31)16-22(25)29)32(26(33)18-8-7-9-19(30)15-18)27(34)20-10-5-6-11-21(20)28(35)38-14-13-36-2/h7-9,15-17H,5-6,10-14H2,1-2H3. The molecule has 3 rings (SSSR count). The Kier molecular flexibility index (Phi) is 10.4. The minimum absolute atomic E-state index is 0.0112. The van der Waals surface area contributed by atoms with E-state index in [1.54, 1.807) is 6.92 Å². The van der Waals surface area contributed by atoms with Gasteiger partial charge in [0.15, 0.2) is 0 Å². The number of hydrogen-bond acceptors (Lipinski definition) is 6. The number of carbonyl (C=O) groups excluding carboxylic acids is 3. The van der Waals surface area contributed by atoms with E-state index in [4.69, 9.17) is 25.8 Å². The van der Waals surface area contributed by atoms with Crippen molar-refractivity contribution in [2.75, 3.05) is 31.8 Å². The zero-order valence-electron chi connectivity index (χ0n) is 20.9. The van der Waals surface area contributed by atoms with Crippen molar-refractivity contribution in [3.8, 4) is 17.6 Å². The van der Waals surface area contributed by atoms with Gasteiger partial charge in [0, 0.05) is 29.9 Å². The Morgan fingerprint density at radius 2 is 1.76 bits per heavy atom. The number of nitrogens with zero attached hydrogens (tertiary/aromatic N) is 1. The average Bonchev–Trinajstić information content (AvgIpc) is 2.91. The van der Waals surface area contributed by atoms with Crippen LogP contribution < -0.4 is 9.64 Å². The first-order valence-corrected chi connectivity index (χ1v) is 12.2. The van der Waals surface area contributed by atoms with Crippen molar-refractivity contribution in [1.29, 1.82) is 0 Å². The maximum atomic E-state index is 15.3. The maximum Gasteiger partial charge on any atom is 0.334 e. The Labute approximate surface area is 224 Å². The molecule has 0 fully saturated rings. The van der Waals surface area contributed by atoms with Crippen molar-refractivity contribution in [3.05, 3.63) is 69.8 Å². The van der Waals surface area contributed by atoms with E-state index >= 15 is 4.39 Å². The summed E-state index contributed by atoms with van der Waals surface area (Å²) in [5, 5.41) is -0.103. The molecule has 0 bridgehead atoms. The summed E-state index contributed by atoms with van der Waals surface area (Å²) in [6.07, 6.45) is 1.58. The summed E-state index contributed by atoms with van der Waals surface area (Å²) in [5.41, 5.74) is -0.568. The van der Waals surface area contributed by atoms with Crippen molar-refractivity contribution >= 4 is 35.1 Å². The monoisotopic (exact) mass is 545 g/mol. The van der Waals surface area contributed by atoms with E-state index in [2.05, 4.69) is 11.8 Å². The highest BCUT2D eigenvalue weighted by Gasteiger charge is 2.34. The first-order chi connectivity index (χ1) is 18.3. The molecule has 2 amide bonds. The number of rotatable bonds is 9. The van der Waals surface area contributed by atoms with Crippen LogP contribution in [0.25, 0.3) is 0 Å². The molecule has 0 heterocycles. The van der Waals surface area contributed by atoms with Crippen LogP contribution in [-0.2, 0) is 19.1 Å². The van der Waals surface area contributed by atoms with Gasteiger partial charge in [-0.05, 0) is 56.9 Å². The number of benzene rings is 2. The molecule has 200 valence electrons. The molecule has 0 spiro atoms. The average molecular weight is 546 g/mol. The van der Waals surface area contributed by atoms with Gasteiger partial charge in [-0.1, -0.05) is 23.6 Å². The minimum Gasteiger partial charge on any atom is -0.479 e. The topological polar surface area (TPSA) is 82.1 Å². The zero-order valence-corrected chi connectivity index (χ0v) is 21.7. The Balaban J connectivity index is 2.14. The first-order valence-electron chi connectivity index (χ1n) is 11.8. The van der Waals surface area contributed by atoms with Crippen molar-refractivity contribution in [1.82, 2.24) is 0 Å². The SMILES string of the molecule is CC#CCOc1cc(N(C(=O)C2=C(C(=O)OCCOC)CCCC2)C(=O)c2cccc(F)c2)c(F)cc1Cl. The van der Waals surface area contributed by atoms with Gasteiger partial charge in [-0.25, -0.2) is 18.5 Å². The summed E-state index contributed by atoms with van der Waals surface area (Å²) < 4.78 is 44.9. The summed E-state index contributed by atoms with van der Waals surface area (Å²) in [5.74, 6) is 0.924. The molecule has 0 N–H and O–H groups in total. The summed E-state index contributed by atoms with van der Waals surface area (Å²) in [4.78, 5) is 40.9. The van der Waals surface area contributed by atoms with Crippen LogP contribution in [0.15, 0.2) is 47.5 Å². The summed E-state index contributed by atoms with van der Waals surface area (Å²) in [7, 11) is 1.45. The molecule has 38 heavy (non-hydrogen) atoms. The summed E-state index contributed by atoms with van der Waals surface area (Å²) in [6.45, 7) is 1.66. The predicted molar refractivity (Wildman–Crippen MR) is 137 cm³/mol. The number of ether oxygens (including phenoxy) is 3. The third-order valence-electron chi connectivity index (χ3n) is 5.69. The van der Waals surface area contributed by atoms with Crippen molar-refractivity contribution in [3.63, 3.8) is 0 Å². The van der Waals surface area contributed by atoms with Crippen molar-refractivity contribution in [2.24, 2.45) is 0 Å². The van der Waals surface area contributed by atoms with E-state index in [1.165, 1.54) is 19.2 Å². The molecule has 10 heteroatoms. The number of amides is 2. The second kappa shape index (κ2) is 13.7. The molecule has 0 radical (unpaired) electrons. The van der Waals surface area contributed by atoms with Crippen LogP contribution in [-0.4, -0.2) is 44.7 Å². The lowest BCUT2D eigenvalue weighted by molar-refractivity contribution is -0.140. The number of carbonyl (C=O) groups is 3. The molecule has 7 nitrogen and oxygen atoms in total. The van der Waals surface area contributed by atoms with Crippen LogP contribution >= 0.6 is 11.6 Å². The Morgan fingerprint density at radius 1 is 1.03 bits per heavy atom. The van der Waals surface area contributed by atoms with E-state index in [1.807, 2.05) is 0 Å². The van der Waals surface area contributed by atoms with Gasteiger partial charge in [0.25, 0.3) is 11.8 Å². The van der Waals surface area contributed by atoms with Gasteiger partial charge in [-0.3, -0.25) is 9.59 Å². The number of methoxy groups -OCH3 is 1. The van der Waals surface area contributed by atoms with E-state index < -0.39 is 35.1 Å². The van der Waals surface area contributed by atoms with Gasteiger partial charge >= 0.3 is 5.97 Å². The van der Waals surface area contributed by atoms with Gasteiger partial charge < -0.3 is 14.2 Å². The molecule has 0 atom stereocenters. The lowest BCUT2D eigenvalue weighted by atomic mass is 9.90. The third kappa shape index (κ3) is 6.97. The molecular weight excluding hydrogens is 520 g/mol. The Hall–Kier alpha value is -3.74. The fourth-order valence-electron chi connectivity index (χ4n) is 3.85. The van der Waals surface area contributed by atoms with Gasteiger partial charge in [-0.2, -0.15) is 0 Å². The maximum absolute atomic E-state index is 15.3. The Bertz CT molecular complexity index is 1310. The molecule has 0 unspecified atom stereocenters. The molecule has 2 aromatic carbocycles. The van der Waals surface area contributed by atoms with Crippen molar-refractivity contribution < 1.29 is 37.4 Å². The van der Waals surface area contributed by atoms with Crippen LogP contribution in [0.1, 0.15) is 43.0 Å². The van der Waals surface area contributed by atoms with E-state index in [0.29, 0.717) is 17.7 Å². The zero-order chi connectivity index (χ0) is 27.7. The predicted octanol–water partition coefficient (Wildman–Crippen LogP) is 5.25. The lowest BCUT2D eigenvalue weighted by Crippen LogP contribution is -2.40. The van der Waals surface area contributed by atoms with Gasteiger partial charge in [0.05, 0.1) is 17.3 Å². The smallest absolute Gasteiger partial charge is 0.334 e. The van der Waals surface area contributed by atoms with Gasteiger partial charge in [0.2, 0.25) is 0 Å². The molecular formula is C28H26ClF2NO6. The van der Waals surface area contributed by atoms with Gasteiger partial charge in [-0.15, -0.1) is 5.92 Å². The quantitative estimate of drug-likeness (QED) is 0.185. The molecule has 0 aromatic heterocycles. The second-order valence-corrected chi connectivity index (χ2v) is 8.61. The van der Waals surface area contributed by atoms with Gasteiger partial charge in [0.1, 0.15) is 30.6 Å². The highest BCUT2D eigenvalue weighted by molar-refractivity contribution is 6.32. The van der Waals surface area contributed by atoms with Crippen LogP contribution in [0.5, 0.6) is 5.75 Å². The number of halogens is 3. The Morgan fingerprint density at radius 3 is 2.45 bits per heavy atom. The first kappa shape index (κ1) is 28.8. The van der Waals surface area contributed by atoms with E-state index in [-0.39, 0.29) is 60.1 Å². The number of hydrogen-bond donors (Lipinski definition) is 0. The van der Waals surface area contributed by atoms with E-state index in [0.717, 1.165) is 24.3 Å². The highest BCUT2D eigenvalue weighted by Crippen LogP contribution is 2.36. The summed E-state index contributed by atoms with van der Waals surface area (Å²) >= 11 is 6.12. The van der Waals surface area contributed by atoms with E-state index in [9.17, 15) is 18.8 Å².